The molecule has 0 radical (unpaired) electrons. The van der Waals surface area contributed by atoms with Crippen molar-refractivity contribution in [1.82, 2.24) is 15.2 Å². The van der Waals surface area contributed by atoms with Gasteiger partial charge in [-0.3, -0.25) is 9.88 Å². The fourth-order valence-corrected chi connectivity index (χ4v) is 1.78. The van der Waals surface area contributed by atoms with Crippen LogP contribution in [0.25, 0.3) is 0 Å². The normalized spacial score (nSPS) is 22.9. The molecule has 0 spiro atoms. The molecule has 0 amide bonds. The van der Waals surface area contributed by atoms with Gasteiger partial charge in [-0.15, -0.1) is 0 Å². The maximum absolute atomic E-state index is 13.5. The van der Waals surface area contributed by atoms with E-state index < -0.39 is 0 Å². The first-order valence-corrected chi connectivity index (χ1v) is 4.50. The van der Waals surface area contributed by atoms with Crippen LogP contribution in [-0.4, -0.2) is 30.1 Å². The Bertz CT molecular complexity index is 321. The first-order chi connectivity index (χ1) is 6.70. The van der Waals surface area contributed by atoms with Crippen molar-refractivity contribution in [2.75, 3.05) is 26.0 Å². The number of nitrogen functional groups attached to an aromatic ring is 1. The minimum Gasteiger partial charge on any atom is -0.397 e. The molecule has 1 unspecified atom stereocenters. The van der Waals surface area contributed by atoms with Gasteiger partial charge in [-0.2, -0.15) is 0 Å². The van der Waals surface area contributed by atoms with E-state index in [9.17, 15) is 4.39 Å². The van der Waals surface area contributed by atoms with Crippen LogP contribution in [0.5, 0.6) is 0 Å². The monoisotopic (exact) mass is 196 g/mol. The van der Waals surface area contributed by atoms with Gasteiger partial charge < -0.3 is 11.1 Å². The highest BCUT2D eigenvalue weighted by molar-refractivity contribution is 5.47. The summed E-state index contributed by atoms with van der Waals surface area (Å²) in [5, 5.41) is 3.16. The van der Waals surface area contributed by atoms with E-state index in [-0.39, 0.29) is 11.9 Å². The van der Waals surface area contributed by atoms with Crippen LogP contribution < -0.4 is 11.1 Å². The van der Waals surface area contributed by atoms with Crippen molar-refractivity contribution in [2.24, 2.45) is 0 Å². The Morgan fingerprint density at radius 2 is 2.43 bits per heavy atom. The topological polar surface area (TPSA) is 54.2 Å². The molecule has 0 aromatic carbocycles. The number of pyridine rings is 1. The van der Waals surface area contributed by atoms with Crippen molar-refractivity contribution in [1.29, 1.82) is 0 Å². The van der Waals surface area contributed by atoms with Crippen molar-refractivity contribution in [3.05, 3.63) is 23.8 Å². The highest BCUT2D eigenvalue weighted by Gasteiger charge is 2.26. The largest absolute Gasteiger partial charge is 0.397 e. The summed E-state index contributed by atoms with van der Waals surface area (Å²) in [6.45, 7) is 1.48. The number of nitrogens with two attached hydrogens (primary N) is 1. The molecule has 14 heavy (non-hydrogen) atoms. The lowest BCUT2D eigenvalue weighted by Gasteiger charge is -2.20. The predicted octanol–water partition coefficient (Wildman–Crippen LogP) is 0.336. The van der Waals surface area contributed by atoms with Gasteiger partial charge in [-0.25, -0.2) is 4.39 Å². The Hall–Kier alpha value is -1.20. The Kier molecular flexibility index (Phi) is 2.35. The van der Waals surface area contributed by atoms with Crippen molar-refractivity contribution >= 4 is 5.69 Å². The molecule has 1 fully saturated rings. The second-order valence-corrected chi connectivity index (χ2v) is 3.51. The lowest BCUT2D eigenvalue weighted by Crippen LogP contribution is -2.21. The molecule has 0 saturated carbocycles. The zero-order valence-electron chi connectivity index (χ0n) is 8.00. The van der Waals surface area contributed by atoms with E-state index in [1.165, 1.54) is 12.4 Å². The number of rotatable bonds is 1. The molecular formula is C9H13FN4. The number of anilines is 1. The molecule has 0 bridgehead atoms. The molecule has 1 aliphatic rings. The zero-order valence-corrected chi connectivity index (χ0v) is 8.00. The third-order valence-electron chi connectivity index (χ3n) is 2.53. The molecule has 5 heteroatoms. The maximum Gasteiger partial charge on any atom is 0.148 e. The van der Waals surface area contributed by atoms with Crippen molar-refractivity contribution in [3.63, 3.8) is 0 Å². The predicted molar refractivity (Wildman–Crippen MR) is 52.0 cm³/mol. The smallest absolute Gasteiger partial charge is 0.148 e. The minimum atomic E-state index is -0.328. The Morgan fingerprint density at radius 3 is 3.00 bits per heavy atom. The average molecular weight is 196 g/mol. The van der Waals surface area contributed by atoms with Gasteiger partial charge in [0.05, 0.1) is 24.1 Å². The summed E-state index contributed by atoms with van der Waals surface area (Å²) in [6.07, 6.45) is 2.70. The third-order valence-corrected chi connectivity index (χ3v) is 2.53. The van der Waals surface area contributed by atoms with Gasteiger partial charge in [0, 0.05) is 18.8 Å². The van der Waals surface area contributed by atoms with Crippen LogP contribution in [0.4, 0.5) is 10.1 Å². The molecule has 1 saturated heterocycles. The second-order valence-electron chi connectivity index (χ2n) is 3.51. The van der Waals surface area contributed by atoms with E-state index in [0.717, 1.165) is 13.2 Å². The third kappa shape index (κ3) is 1.44. The molecule has 0 aliphatic carbocycles. The van der Waals surface area contributed by atoms with Crippen LogP contribution >= 0.6 is 0 Å². The summed E-state index contributed by atoms with van der Waals surface area (Å²) in [5.74, 6) is -0.328. The van der Waals surface area contributed by atoms with E-state index in [1.807, 2.05) is 11.9 Å². The summed E-state index contributed by atoms with van der Waals surface area (Å²) in [6, 6.07) is 0.0120. The van der Waals surface area contributed by atoms with E-state index >= 15 is 0 Å². The lowest BCUT2D eigenvalue weighted by molar-refractivity contribution is 0.316. The van der Waals surface area contributed by atoms with Gasteiger partial charge in [0.1, 0.15) is 5.82 Å². The number of halogens is 1. The molecular weight excluding hydrogens is 183 g/mol. The molecule has 1 atom stereocenters. The molecule has 1 aromatic heterocycles. The van der Waals surface area contributed by atoms with Crippen LogP contribution in [0, 0.1) is 5.82 Å². The zero-order chi connectivity index (χ0) is 10.1. The maximum atomic E-state index is 13.5. The van der Waals surface area contributed by atoms with Crippen LogP contribution in [-0.2, 0) is 0 Å². The summed E-state index contributed by atoms with van der Waals surface area (Å²) in [4.78, 5) is 5.72. The van der Waals surface area contributed by atoms with Gasteiger partial charge in [-0.1, -0.05) is 0 Å². The van der Waals surface area contributed by atoms with Crippen LogP contribution in [0.3, 0.4) is 0 Å². The van der Waals surface area contributed by atoms with Crippen molar-refractivity contribution in [2.45, 2.75) is 6.04 Å². The molecule has 1 aliphatic heterocycles. The molecule has 76 valence electrons. The Labute approximate surface area is 81.9 Å². The lowest BCUT2D eigenvalue weighted by atomic mass is 10.1. The van der Waals surface area contributed by atoms with Crippen LogP contribution in [0.15, 0.2) is 12.4 Å². The fourth-order valence-electron chi connectivity index (χ4n) is 1.78. The van der Waals surface area contributed by atoms with Crippen LogP contribution in [0.2, 0.25) is 0 Å². The fraction of sp³-hybridized carbons (Fsp3) is 0.444. The molecule has 4 nitrogen and oxygen atoms in total. The average Bonchev–Trinajstić information content (AvgIpc) is 2.52. The van der Waals surface area contributed by atoms with Gasteiger partial charge >= 0.3 is 0 Å². The van der Waals surface area contributed by atoms with Gasteiger partial charge in [-0.05, 0) is 7.05 Å². The standard InChI is InChI=1S/C9H13FN4/c1-14-5-13-4-8(14)9-6(10)2-12-3-7(9)11/h2-3,8,13H,4-5,11H2,1H3. The van der Waals surface area contributed by atoms with E-state index in [4.69, 9.17) is 5.73 Å². The SMILES string of the molecule is CN1CNCC1c1c(N)cncc1F. The van der Waals surface area contributed by atoms with Crippen LogP contribution in [0.1, 0.15) is 11.6 Å². The number of nitrogens with zero attached hydrogens (tertiary/aromatic N) is 2. The van der Waals surface area contributed by atoms with E-state index in [1.54, 1.807) is 0 Å². The Balaban J connectivity index is 2.39. The first-order valence-electron chi connectivity index (χ1n) is 4.50. The minimum absolute atomic E-state index is 0.0120. The van der Waals surface area contributed by atoms with Gasteiger partial charge in [0.25, 0.3) is 0 Å². The van der Waals surface area contributed by atoms with Crippen molar-refractivity contribution < 1.29 is 4.39 Å². The summed E-state index contributed by atoms with van der Waals surface area (Å²) < 4.78 is 13.5. The molecule has 2 heterocycles. The molecule has 3 N–H and O–H groups in total. The van der Waals surface area contributed by atoms with E-state index in [2.05, 4.69) is 10.3 Å². The number of nitrogens with one attached hydrogen (secondary N) is 1. The summed E-state index contributed by atoms with van der Waals surface area (Å²) in [5.41, 5.74) is 6.68. The summed E-state index contributed by atoms with van der Waals surface area (Å²) >= 11 is 0. The second kappa shape index (κ2) is 3.51. The van der Waals surface area contributed by atoms with Gasteiger partial charge in [0.2, 0.25) is 0 Å². The molecule has 2 rings (SSSR count). The molecule has 1 aromatic rings. The number of likely N-dealkylation sites (N-methyl/N-ethyl adjacent to an activating group) is 1. The van der Waals surface area contributed by atoms with E-state index in [0.29, 0.717) is 11.3 Å². The van der Waals surface area contributed by atoms with Gasteiger partial charge in [0.15, 0.2) is 0 Å². The first kappa shape index (κ1) is 9.36. The quantitative estimate of drug-likeness (QED) is 0.680. The highest BCUT2D eigenvalue weighted by atomic mass is 19.1. The number of hydrogen-bond donors (Lipinski definition) is 2. The van der Waals surface area contributed by atoms with Crippen molar-refractivity contribution in [3.8, 4) is 0 Å². The summed E-state index contributed by atoms with van der Waals surface area (Å²) in [7, 11) is 1.93. The number of hydrogen-bond acceptors (Lipinski definition) is 4. The number of aromatic nitrogens is 1. The highest BCUT2D eigenvalue weighted by Crippen LogP contribution is 2.28. The Morgan fingerprint density at radius 1 is 1.64 bits per heavy atom.